The molecular formula is C12H22N4O. The molecule has 0 aliphatic rings. The minimum atomic E-state index is 0.608. The van der Waals surface area contributed by atoms with Gasteiger partial charge in [0.15, 0.2) is 0 Å². The van der Waals surface area contributed by atoms with E-state index >= 15 is 0 Å². The Hall–Kier alpha value is -1.20. The average Bonchev–Trinajstić information content (AvgIpc) is 2.35. The summed E-state index contributed by atoms with van der Waals surface area (Å²) < 4.78 is 5.09. The quantitative estimate of drug-likeness (QED) is 0.727. The number of hydrogen-bond donors (Lipinski definition) is 1. The monoisotopic (exact) mass is 238 g/mol. The van der Waals surface area contributed by atoms with Crippen LogP contribution < -0.4 is 10.6 Å². The fourth-order valence-electron chi connectivity index (χ4n) is 1.65. The van der Waals surface area contributed by atoms with Gasteiger partial charge in [0.1, 0.15) is 12.1 Å². The van der Waals surface area contributed by atoms with E-state index in [1.165, 1.54) is 0 Å². The molecule has 1 aromatic rings. The number of aromatic nitrogens is 2. The second kappa shape index (κ2) is 7.97. The number of anilines is 1. The van der Waals surface area contributed by atoms with Crippen molar-refractivity contribution in [2.24, 2.45) is 5.73 Å². The van der Waals surface area contributed by atoms with E-state index in [0.29, 0.717) is 13.2 Å². The minimum absolute atomic E-state index is 0.608. The van der Waals surface area contributed by atoms with Gasteiger partial charge in [0, 0.05) is 38.5 Å². The Labute approximate surface area is 103 Å². The van der Waals surface area contributed by atoms with Gasteiger partial charge in [0.05, 0.1) is 6.61 Å². The maximum atomic E-state index is 5.61. The van der Waals surface area contributed by atoms with Crippen LogP contribution in [-0.4, -0.2) is 43.3 Å². The van der Waals surface area contributed by atoms with Crippen LogP contribution in [0.3, 0.4) is 0 Å². The van der Waals surface area contributed by atoms with E-state index in [0.717, 1.165) is 37.4 Å². The van der Waals surface area contributed by atoms with Gasteiger partial charge >= 0.3 is 0 Å². The molecule has 0 aromatic carbocycles. The van der Waals surface area contributed by atoms with Crippen LogP contribution in [0.25, 0.3) is 0 Å². The van der Waals surface area contributed by atoms with E-state index < -0.39 is 0 Å². The first kappa shape index (κ1) is 13.9. The largest absolute Gasteiger partial charge is 0.383 e. The Morgan fingerprint density at radius 3 is 2.82 bits per heavy atom. The van der Waals surface area contributed by atoms with Crippen LogP contribution in [0, 0.1) is 0 Å². The van der Waals surface area contributed by atoms with Gasteiger partial charge in [-0.3, -0.25) is 0 Å². The summed E-state index contributed by atoms with van der Waals surface area (Å²) in [5.41, 5.74) is 6.69. The lowest BCUT2D eigenvalue weighted by molar-refractivity contribution is 0.205. The normalized spacial score (nSPS) is 10.5. The van der Waals surface area contributed by atoms with Crippen molar-refractivity contribution in [2.45, 2.75) is 19.8 Å². The number of aryl methyl sites for hydroxylation is 1. The Morgan fingerprint density at radius 1 is 1.35 bits per heavy atom. The highest BCUT2D eigenvalue weighted by Crippen LogP contribution is 2.11. The van der Waals surface area contributed by atoms with Crippen LogP contribution in [0.15, 0.2) is 12.4 Å². The molecule has 0 saturated heterocycles. The van der Waals surface area contributed by atoms with Gasteiger partial charge < -0.3 is 15.4 Å². The first-order valence-electron chi connectivity index (χ1n) is 6.06. The molecule has 17 heavy (non-hydrogen) atoms. The molecule has 5 heteroatoms. The molecule has 0 spiro atoms. The predicted molar refractivity (Wildman–Crippen MR) is 69.2 cm³/mol. The van der Waals surface area contributed by atoms with Crippen molar-refractivity contribution in [3.8, 4) is 0 Å². The van der Waals surface area contributed by atoms with E-state index in [-0.39, 0.29) is 0 Å². The molecule has 2 N–H and O–H groups in total. The zero-order valence-electron chi connectivity index (χ0n) is 10.7. The molecule has 5 nitrogen and oxygen atoms in total. The van der Waals surface area contributed by atoms with Gasteiger partial charge in [0.25, 0.3) is 0 Å². The van der Waals surface area contributed by atoms with Crippen molar-refractivity contribution >= 4 is 5.82 Å². The zero-order chi connectivity index (χ0) is 12.5. The summed E-state index contributed by atoms with van der Waals surface area (Å²) in [7, 11) is 1.70. The summed E-state index contributed by atoms with van der Waals surface area (Å²) in [4.78, 5) is 10.7. The minimum Gasteiger partial charge on any atom is -0.383 e. The predicted octanol–water partition coefficient (Wildman–Crippen LogP) is 0.841. The summed E-state index contributed by atoms with van der Waals surface area (Å²) in [6.07, 6.45) is 3.69. The highest BCUT2D eigenvalue weighted by atomic mass is 16.5. The van der Waals surface area contributed by atoms with Gasteiger partial charge in [-0.15, -0.1) is 0 Å². The maximum Gasteiger partial charge on any atom is 0.132 e. The SMILES string of the molecule is CCCc1cc(N(CCN)CCOC)ncn1. The van der Waals surface area contributed by atoms with Crippen LogP contribution in [0.1, 0.15) is 19.0 Å². The number of nitrogens with zero attached hydrogens (tertiary/aromatic N) is 3. The molecule has 1 rings (SSSR count). The molecule has 96 valence electrons. The van der Waals surface area contributed by atoms with Crippen molar-refractivity contribution in [3.63, 3.8) is 0 Å². The summed E-state index contributed by atoms with van der Waals surface area (Å²) in [5.74, 6) is 0.936. The summed E-state index contributed by atoms with van der Waals surface area (Å²) in [6, 6.07) is 2.04. The number of rotatable bonds is 8. The second-order valence-electron chi connectivity index (χ2n) is 3.89. The lowest BCUT2D eigenvalue weighted by atomic mass is 10.2. The average molecular weight is 238 g/mol. The standard InChI is InChI=1S/C12H22N4O/c1-3-4-11-9-12(15-10-14-11)16(6-5-13)7-8-17-2/h9-10H,3-8,13H2,1-2H3. The van der Waals surface area contributed by atoms with Crippen molar-refractivity contribution in [1.82, 2.24) is 9.97 Å². The van der Waals surface area contributed by atoms with Crippen LogP contribution in [0.4, 0.5) is 5.82 Å². The Kier molecular flexibility index (Phi) is 6.50. The third kappa shape index (κ3) is 4.66. The van der Waals surface area contributed by atoms with E-state index in [1.807, 2.05) is 6.07 Å². The van der Waals surface area contributed by atoms with Crippen LogP contribution in [0.5, 0.6) is 0 Å². The second-order valence-corrected chi connectivity index (χ2v) is 3.89. The first-order valence-corrected chi connectivity index (χ1v) is 6.06. The lowest BCUT2D eigenvalue weighted by Gasteiger charge is -2.22. The van der Waals surface area contributed by atoms with E-state index in [1.54, 1.807) is 13.4 Å². The van der Waals surface area contributed by atoms with Gasteiger partial charge in [-0.05, 0) is 6.42 Å². The molecule has 0 aliphatic heterocycles. The molecule has 0 fully saturated rings. The van der Waals surface area contributed by atoms with E-state index in [4.69, 9.17) is 10.5 Å². The summed E-state index contributed by atoms with van der Waals surface area (Å²) in [5, 5.41) is 0. The summed E-state index contributed by atoms with van der Waals surface area (Å²) in [6.45, 7) is 5.01. The van der Waals surface area contributed by atoms with E-state index in [9.17, 15) is 0 Å². The van der Waals surface area contributed by atoms with Gasteiger partial charge in [-0.25, -0.2) is 9.97 Å². The highest BCUT2D eigenvalue weighted by molar-refractivity contribution is 5.38. The van der Waals surface area contributed by atoms with Gasteiger partial charge in [0.2, 0.25) is 0 Å². The highest BCUT2D eigenvalue weighted by Gasteiger charge is 2.07. The molecule has 1 aromatic heterocycles. The lowest BCUT2D eigenvalue weighted by Crippen LogP contribution is -2.33. The first-order chi connectivity index (χ1) is 8.31. The smallest absolute Gasteiger partial charge is 0.132 e. The number of nitrogens with two attached hydrogens (primary N) is 1. The molecule has 0 aliphatic carbocycles. The van der Waals surface area contributed by atoms with Crippen molar-refractivity contribution in [2.75, 3.05) is 38.3 Å². The Morgan fingerprint density at radius 2 is 2.18 bits per heavy atom. The Balaban J connectivity index is 2.73. The molecule has 0 saturated carbocycles. The Bertz CT molecular complexity index is 319. The van der Waals surface area contributed by atoms with Crippen LogP contribution in [0.2, 0.25) is 0 Å². The molecule has 0 amide bonds. The summed E-state index contributed by atoms with van der Waals surface area (Å²) >= 11 is 0. The molecule has 0 bridgehead atoms. The van der Waals surface area contributed by atoms with Gasteiger partial charge in [-0.1, -0.05) is 13.3 Å². The zero-order valence-corrected chi connectivity index (χ0v) is 10.7. The van der Waals surface area contributed by atoms with Crippen LogP contribution in [-0.2, 0) is 11.2 Å². The van der Waals surface area contributed by atoms with Crippen LogP contribution >= 0.6 is 0 Å². The third-order valence-electron chi connectivity index (χ3n) is 2.50. The molecule has 0 unspecified atom stereocenters. The fraction of sp³-hybridized carbons (Fsp3) is 0.667. The van der Waals surface area contributed by atoms with Crippen molar-refractivity contribution in [3.05, 3.63) is 18.1 Å². The number of methoxy groups -OCH3 is 1. The topological polar surface area (TPSA) is 64.3 Å². The molecule has 0 radical (unpaired) electrons. The van der Waals surface area contributed by atoms with E-state index in [2.05, 4.69) is 21.8 Å². The number of ether oxygens (including phenoxy) is 1. The number of hydrogen-bond acceptors (Lipinski definition) is 5. The third-order valence-corrected chi connectivity index (χ3v) is 2.50. The van der Waals surface area contributed by atoms with Crippen molar-refractivity contribution in [1.29, 1.82) is 0 Å². The maximum absolute atomic E-state index is 5.61. The fourth-order valence-corrected chi connectivity index (χ4v) is 1.65. The molecular weight excluding hydrogens is 216 g/mol. The van der Waals surface area contributed by atoms with Crippen molar-refractivity contribution < 1.29 is 4.74 Å². The molecule has 0 atom stereocenters. The molecule has 1 heterocycles. The van der Waals surface area contributed by atoms with Gasteiger partial charge in [-0.2, -0.15) is 0 Å².